The van der Waals surface area contributed by atoms with Crippen LogP contribution in [0, 0.1) is 0 Å². The van der Waals surface area contributed by atoms with Crippen LogP contribution in [-0.2, 0) is 11.3 Å². The van der Waals surface area contributed by atoms with Gasteiger partial charge in [0.1, 0.15) is 11.6 Å². The fourth-order valence-corrected chi connectivity index (χ4v) is 2.89. The number of halogens is 1. The number of ether oxygens (including phenoxy) is 1. The molecular formula is C20H24ClN5O2. The molecule has 0 radical (unpaired) electrons. The Morgan fingerprint density at radius 3 is 2.57 bits per heavy atom. The van der Waals surface area contributed by atoms with Gasteiger partial charge in [0, 0.05) is 17.7 Å². The second-order valence-electron chi connectivity index (χ2n) is 6.28. The molecule has 8 heteroatoms. The van der Waals surface area contributed by atoms with E-state index in [2.05, 4.69) is 20.5 Å². The summed E-state index contributed by atoms with van der Waals surface area (Å²) in [4.78, 5) is 16.7. The summed E-state index contributed by atoms with van der Waals surface area (Å²) in [5, 5.41) is 9.83. The van der Waals surface area contributed by atoms with Crippen LogP contribution in [0.2, 0.25) is 0 Å². The number of carbonyl (C=O) groups is 1. The van der Waals surface area contributed by atoms with E-state index in [9.17, 15) is 4.79 Å². The van der Waals surface area contributed by atoms with E-state index in [1.807, 2.05) is 55.5 Å². The Hall–Kier alpha value is -2.90. The number of rotatable bonds is 7. The Bertz CT molecular complexity index is 911. The number of H-pyrrole nitrogens is 1. The van der Waals surface area contributed by atoms with Gasteiger partial charge in [-0.15, -0.1) is 12.4 Å². The molecule has 3 aromatic rings. The number of nitrogens with two attached hydrogens (primary N) is 1. The Morgan fingerprint density at radius 2 is 1.93 bits per heavy atom. The van der Waals surface area contributed by atoms with Crippen LogP contribution in [0.4, 0.5) is 5.69 Å². The molecule has 1 amide bonds. The summed E-state index contributed by atoms with van der Waals surface area (Å²) in [5.74, 6) is 2.00. The molecule has 4 N–H and O–H groups in total. The van der Waals surface area contributed by atoms with Gasteiger partial charge in [-0.3, -0.25) is 9.89 Å². The highest BCUT2D eigenvalue weighted by Crippen LogP contribution is 2.28. The molecule has 1 heterocycles. The smallest absolute Gasteiger partial charge is 0.224 e. The monoisotopic (exact) mass is 401 g/mol. The Morgan fingerprint density at radius 1 is 1.21 bits per heavy atom. The van der Waals surface area contributed by atoms with Crippen LogP contribution in [0.15, 0.2) is 48.5 Å². The van der Waals surface area contributed by atoms with E-state index in [1.165, 1.54) is 0 Å². The van der Waals surface area contributed by atoms with Crippen molar-refractivity contribution >= 4 is 24.0 Å². The minimum Gasteiger partial charge on any atom is -0.496 e. The van der Waals surface area contributed by atoms with Crippen LogP contribution in [0.5, 0.6) is 5.75 Å². The van der Waals surface area contributed by atoms with E-state index < -0.39 is 0 Å². The number of benzene rings is 2. The fourth-order valence-electron chi connectivity index (χ4n) is 2.89. The predicted octanol–water partition coefficient (Wildman–Crippen LogP) is 3.49. The van der Waals surface area contributed by atoms with Crippen LogP contribution in [0.25, 0.3) is 11.4 Å². The van der Waals surface area contributed by atoms with Crippen molar-refractivity contribution in [2.45, 2.75) is 25.8 Å². The lowest BCUT2D eigenvalue weighted by Crippen LogP contribution is -2.14. The van der Waals surface area contributed by atoms with Crippen LogP contribution < -0.4 is 15.8 Å². The van der Waals surface area contributed by atoms with Gasteiger partial charge in [-0.1, -0.05) is 25.1 Å². The SMILES string of the molecule is COc1ccccc1C(C)CC(=O)Nc1ccc(-c2n[nH]c(CN)n2)cc1.Cl. The zero-order valence-corrected chi connectivity index (χ0v) is 16.6. The molecule has 0 aliphatic heterocycles. The van der Waals surface area contributed by atoms with Gasteiger partial charge in [0.15, 0.2) is 5.82 Å². The van der Waals surface area contributed by atoms with Gasteiger partial charge in [-0.05, 0) is 41.8 Å². The average Bonchev–Trinajstić information content (AvgIpc) is 3.17. The maximum absolute atomic E-state index is 12.4. The molecule has 1 atom stereocenters. The van der Waals surface area contributed by atoms with Crippen molar-refractivity contribution in [2.75, 3.05) is 12.4 Å². The van der Waals surface area contributed by atoms with Crippen molar-refractivity contribution in [1.82, 2.24) is 15.2 Å². The van der Waals surface area contributed by atoms with Gasteiger partial charge < -0.3 is 15.8 Å². The zero-order valence-electron chi connectivity index (χ0n) is 15.8. The summed E-state index contributed by atoms with van der Waals surface area (Å²) in [6, 6.07) is 15.1. The molecule has 28 heavy (non-hydrogen) atoms. The molecule has 1 unspecified atom stereocenters. The number of hydrogen-bond acceptors (Lipinski definition) is 5. The molecule has 148 valence electrons. The summed E-state index contributed by atoms with van der Waals surface area (Å²) in [6.07, 6.45) is 0.364. The molecule has 0 saturated carbocycles. The number of carbonyl (C=O) groups excluding carboxylic acids is 1. The molecule has 0 aliphatic rings. The third-order valence-corrected chi connectivity index (χ3v) is 4.31. The van der Waals surface area contributed by atoms with Crippen LogP contribution in [0.1, 0.15) is 30.7 Å². The Labute approximate surface area is 170 Å². The summed E-state index contributed by atoms with van der Waals surface area (Å²) in [5.41, 5.74) is 8.13. The van der Waals surface area contributed by atoms with E-state index in [1.54, 1.807) is 7.11 Å². The lowest BCUT2D eigenvalue weighted by atomic mass is 9.96. The number of nitrogens with zero attached hydrogens (tertiary/aromatic N) is 2. The highest BCUT2D eigenvalue weighted by Gasteiger charge is 2.15. The van der Waals surface area contributed by atoms with Crippen molar-refractivity contribution in [3.8, 4) is 17.1 Å². The Kier molecular flexibility index (Phi) is 7.54. The molecule has 2 aromatic carbocycles. The van der Waals surface area contributed by atoms with Crippen molar-refractivity contribution < 1.29 is 9.53 Å². The Balaban J connectivity index is 0.00000280. The molecule has 3 rings (SSSR count). The number of nitrogens with one attached hydrogen (secondary N) is 2. The summed E-state index contributed by atoms with van der Waals surface area (Å²) < 4.78 is 5.38. The van der Waals surface area contributed by atoms with Crippen molar-refractivity contribution in [1.29, 1.82) is 0 Å². The number of methoxy groups -OCH3 is 1. The van der Waals surface area contributed by atoms with Crippen LogP contribution in [-0.4, -0.2) is 28.2 Å². The van der Waals surface area contributed by atoms with Gasteiger partial charge in [0.05, 0.1) is 13.7 Å². The first-order chi connectivity index (χ1) is 13.1. The van der Waals surface area contributed by atoms with Gasteiger partial charge in [-0.25, -0.2) is 4.98 Å². The second-order valence-corrected chi connectivity index (χ2v) is 6.28. The third-order valence-electron chi connectivity index (χ3n) is 4.31. The minimum atomic E-state index is -0.0514. The normalized spacial score (nSPS) is 11.4. The average molecular weight is 402 g/mol. The standard InChI is InChI=1S/C20H23N5O2.ClH/c1-13(16-5-3-4-6-17(16)27-2)11-19(26)22-15-9-7-14(8-10-15)20-23-18(12-21)24-25-20;/h3-10,13H,11-12,21H2,1-2H3,(H,22,26)(H,23,24,25);1H. The molecule has 0 spiro atoms. The first kappa shape index (κ1) is 21.4. The van der Waals surface area contributed by atoms with Crippen molar-refractivity contribution in [3.05, 3.63) is 59.9 Å². The molecule has 0 saturated heterocycles. The van der Waals surface area contributed by atoms with Crippen LogP contribution >= 0.6 is 12.4 Å². The molecule has 0 aliphatic carbocycles. The molecule has 0 bridgehead atoms. The second kappa shape index (κ2) is 9.87. The molecule has 7 nitrogen and oxygen atoms in total. The number of anilines is 1. The summed E-state index contributed by atoms with van der Waals surface area (Å²) in [7, 11) is 1.64. The van der Waals surface area contributed by atoms with E-state index in [-0.39, 0.29) is 24.2 Å². The van der Waals surface area contributed by atoms with E-state index in [4.69, 9.17) is 10.5 Å². The maximum atomic E-state index is 12.4. The minimum absolute atomic E-state index is 0. The molecular weight excluding hydrogens is 378 g/mol. The van der Waals surface area contributed by atoms with E-state index >= 15 is 0 Å². The number of aromatic amines is 1. The number of hydrogen-bond donors (Lipinski definition) is 3. The third kappa shape index (κ3) is 5.09. The highest BCUT2D eigenvalue weighted by molar-refractivity contribution is 5.91. The molecule has 0 fully saturated rings. The maximum Gasteiger partial charge on any atom is 0.224 e. The quantitative estimate of drug-likeness (QED) is 0.561. The van der Waals surface area contributed by atoms with Gasteiger partial charge in [0.2, 0.25) is 5.91 Å². The zero-order chi connectivity index (χ0) is 19.2. The van der Waals surface area contributed by atoms with Gasteiger partial charge in [0.25, 0.3) is 0 Å². The lowest BCUT2D eigenvalue weighted by Gasteiger charge is -2.15. The van der Waals surface area contributed by atoms with E-state index in [0.29, 0.717) is 24.6 Å². The van der Waals surface area contributed by atoms with Crippen LogP contribution in [0.3, 0.4) is 0 Å². The number of para-hydroxylation sites is 1. The summed E-state index contributed by atoms with van der Waals surface area (Å²) in [6.45, 7) is 2.32. The largest absolute Gasteiger partial charge is 0.496 e. The number of amides is 1. The van der Waals surface area contributed by atoms with Crippen molar-refractivity contribution in [2.24, 2.45) is 5.73 Å². The van der Waals surface area contributed by atoms with Gasteiger partial charge in [-0.2, -0.15) is 5.10 Å². The highest BCUT2D eigenvalue weighted by atomic mass is 35.5. The summed E-state index contributed by atoms with van der Waals surface area (Å²) >= 11 is 0. The fraction of sp³-hybridized carbons (Fsp3) is 0.250. The topological polar surface area (TPSA) is 106 Å². The molecule has 1 aromatic heterocycles. The van der Waals surface area contributed by atoms with Crippen molar-refractivity contribution in [3.63, 3.8) is 0 Å². The van der Waals surface area contributed by atoms with E-state index in [0.717, 1.165) is 22.6 Å². The first-order valence-electron chi connectivity index (χ1n) is 8.75. The number of aromatic nitrogens is 3. The predicted molar refractivity (Wildman–Crippen MR) is 112 cm³/mol. The van der Waals surface area contributed by atoms with Gasteiger partial charge >= 0.3 is 0 Å². The lowest BCUT2D eigenvalue weighted by molar-refractivity contribution is -0.116. The first-order valence-corrected chi connectivity index (χ1v) is 8.75.